The highest BCUT2D eigenvalue weighted by atomic mass is 15.3. The maximum atomic E-state index is 6.02. The molecule has 2 aromatic rings. The molecule has 0 unspecified atom stereocenters. The van der Waals surface area contributed by atoms with E-state index in [1.807, 2.05) is 6.92 Å². The number of nitrogens with two attached hydrogens (primary N) is 1. The number of nitrogens with zero attached hydrogens (tertiary/aromatic N) is 6. The molecular weight excluding hydrogens is 302 g/mol. The highest BCUT2D eigenvalue weighted by molar-refractivity contribution is 5.87. The molecule has 2 aromatic heterocycles. The Morgan fingerprint density at radius 3 is 2.38 bits per heavy atom. The molecule has 1 saturated heterocycles. The second-order valence-electron chi connectivity index (χ2n) is 7.29. The second kappa shape index (κ2) is 6.29. The smallest absolute Gasteiger partial charge is 0.163 e. The largest absolute Gasteiger partial charge is 0.383 e. The fraction of sp³-hybridized carbons (Fsp3) is 0.706. The fourth-order valence-corrected chi connectivity index (χ4v) is 4.28. The van der Waals surface area contributed by atoms with Gasteiger partial charge in [-0.3, -0.25) is 4.90 Å². The summed E-state index contributed by atoms with van der Waals surface area (Å²) in [5, 5.41) is 5.65. The number of hydrogen-bond donors (Lipinski definition) is 1. The van der Waals surface area contributed by atoms with Crippen LogP contribution in [0.1, 0.15) is 37.4 Å². The first-order chi connectivity index (χ1) is 11.6. The van der Waals surface area contributed by atoms with E-state index < -0.39 is 0 Å². The van der Waals surface area contributed by atoms with Gasteiger partial charge in [0.05, 0.1) is 17.1 Å². The van der Waals surface area contributed by atoms with Crippen molar-refractivity contribution < 1.29 is 0 Å². The van der Waals surface area contributed by atoms with Crippen LogP contribution >= 0.6 is 0 Å². The van der Waals surface area contributed by atoms with Crippen LogP contribution in [-0.2, 0) is 0 Å². The van der Waals surface area contributed by atoms with Crippen LogP contribution in [0.25, 0.3) is 11.0 Å². The van der Waals surface area contributed by atoms with Gasteiger partial charge in [0.15, 0.2) is 5.65 Å². The number of nitrogen functional groups attached to an aromatic ring is 1. The molecule has 7 nitrogen and oxygen atoms in total. The zero-order valence-electron chi connectivity index (χ0n) is 14.6. The number of anilines is 1. The maximum Gasteiger partial charge on any atom is 0.163 e. The molecule has 4 rings (SSSR count). The van der Waals surface area contributed by atoms with Crippen LogP contribution in [0.2, 0.25) is 0 Å². The third-order valence-electron chi connectivity index (χ3n) is 5.76. The lowest BCUT2D eigenvalue weighted by molar-refractivity contribution is 0.0815. The summed E-state index contributed by atoms with van der Waals surface area (Å²) < 4.78 is 2.10. The van der Waals surface area contributed by atoms with Crippen LogP contribution < -0.4 is 5.73 Å². The molecular formula is C17H27N7. The van der Waals surface area contributed by atoms with Crippen LogP contribution in [-0.4, -0.2) is 68.8 Å². The number of piperazine rings is 1. The van der Waals surface area contributed by atoms with Crippen molar-refractivity contribution in [2.45, 2.75) is 44.7 Å². The minimum Gasteiger partial charge on any atom is -0.383 e. The van der Waals surface area contributed by atoms with Gasteiger partial charge in [0.1, 0.15) is 12.1 Å². The Bertz CT molecular complexity index is 709. The van der Waals surface area contributed by atoms with Crippen LogP contribution in [0.3, 0.4) is 0 Å². The summed E-state index contributed by atoms with van der Waals surface area (Å²) in [6, 6.07) is 1.16. The van der Waals surface area contributed by atoms with Gasteiger partial charge in [0.2, 0.25) is 0 Å². The molecule has 130 valence electrons. The highest BCUT2D eigenvalue weighted by Crippen LogP contribution is 2.34. The number of fused-ring (bicyclic) bond motifs is 1. The molecule has 0 amide bonds. The normalized spacial score (nSPS) is 26.9. The van der Waals surface area contributed by atoms with Gasteiger partial charge >= 0.3 is 0 Å². The first-order valence-corrected chi connectivity index (χ1v) is 9.01. The van der Waals surface area contributed by atoms with Gasteiger partial charge in [-0.05, 0) is 39.7 Å². The molecule has 2 aliphatic rings. The summed E-state index contributed by atoms with van der Waals surface area (Å²) in [4.78, 5) is 13.7. The van der Waals surface area contributed by atoms with Crippen molar-refractivity contribution in [1.82, 2.24) is 29.5 Å². The fourth-order valence-electron chi connectivity index (χ4n) is 4.28. The Labute approximate surface area is 142 Å². The summed E-state index contributed by atoms with van der Waals surface area (Å²) >= 11 is 0. The van der Waals surface area contributed by atoms with Crippen LogP contribution in [0.15, 0.2) is 6.33 Å². The van der Waals surface area contributed by atoms with Crippen LogP contribution in [0.4, 0.5) is 5.82 Å². The predicted octanol–water partition coefficient (Wildman–Crippen LogP) is 1.45. The summed E-state index contributed by atoms with van der Waals surface area (Å²) in [5.41, 5.74) is 7.84. The van der Waals surface area contributed by atoms with Crippen molar-refractivity contribution in [2.75, 3.05) is 39.0 Å². The first kappa shape index (κ1) is 15.8. The van der Waals surface area contributed by atoms with Gasteiger partial charge in [0, 0.05) is 32.2 Å². The van der Waals surface area contributed by atoms with E-state index in [2.05, 4.69) is 31.5 Å². The molecule has 2 fully saturated rings. The lowest BCUT2D eigenvalue weighted by Crippen LogP contribution is -2.49. The van der Waals surface area contributed by atoms with E-state index in [0.29, 0.717) is 11.9 Å². The summed E-state index contributed by atoms with van der Waals surface area (Å²) in [5.74, 6) is 0.537. The van der Waals surface area contributed by atoms with E-state index in [9.17, 15) is 0 Å². The number of likely N-dealkylation sites (N-methyl/N-ethyl adjacent to an activating group) is 1. The lowest BCUT2D eigenvalue weighted by Gasteiger charge is -2.41. The van der Waals surface area contributed by atoms with Gasteiger partial charge < -0.3 is 10.6 Å². The van der Waals surface area contributed by atoms with Crippen LogP contribution in [0.5, 0.6) is 0 Å². The maximum absolute atomic E-state index is 6.02. The molecule has 0 atom stereocenters. The molecule has 7 heteroatoms. The summed E-state index contributed by atoms with van der Waals surface area (Å²) in [6.07, 6.45) is 6.37. The number of aromatic nitrogens is 4. The summed E-state index contributed by atoms with van der Waals surface area (Å²) in [6.45, 7) is 6.80. The van der Waals surface area contributed by atoms with E-state index in [1.54, 1.807) is 6.33 Å². The molecule has 0 aromatic carbocycles. The monoisotopic (exact) mass is 329 g/mol. The Morgan fingerprint density at radius 1 is 1.00 bits per heavy atom. The lowest BCUT2D eigenvalue weighted by atomic mass is 9.90. The van der Waals surface area contributed by atoms with E-state index >= 15 is 0 Å². The molecule has 0 bridgehead atoms. The van der Waals surface area contributed by atoms with E-state index in [-0.39, 0.29) is 0 Å². The number of rotatable bonds is 2. The SMILES string of the molecule is Cc1nn([C@H]2CC[C@@H](N3CCN(C)CC3)CC2)c2ncnc(N)c12. The standard InChI is InChI=1S/C17H27N7/c1-12-15-16(18)19-11-20-17(15)24(21-12)14-5-3-13(4-6-14)23-9-7-22(2)8-10-23/h11,13-14H,3-10H2,1-2H3,(H2,18,19,20)/t13-,14+. The molecule has 1 saturated carbocycles. The zero-order chi connectivity index (χ0) is 16.7. The van der Waals surface area contributed by atoms with Gasteiger partial charge in [-0.2, -0.15) is 5.10 Å². The minimum absolute atomic E-state index is 0.430. The van der Waals surface area contributed by atoms with E-state index in [1.165, 1.54) is 39.0 Å². The molecule has 24 heavy (non-hydrogen) atoms. The third kappa shape index (κ3) is 2.75. The van der Waals surface area contributed by atoms with Crippen molar-refractivity contribution in [3.63, 3.8) is 0 Å². The van der Waals surface area contributed by atoms with Crippen LogP contribution in [0, 0.1) is 6.92 Å². The van der Waals surface area contributed by atoms with Crippen molar-refractivity contribution in [2.24, 2.45) is 0 Å². The average molecular weight is 329 g/mol. The first-order valence-electron chi connectivity index (χ1n) is 9.01. The molecule has 1 aliphatic carbocycles. The van der Waals surface area contributed by atoms with E-state index in [4.69, 9.17) is 10.8 Å². The Morgan fingerprint density at radius 2 is 1.67 bits per heavy atom. The topological polar surface area (TPSA) is 76.1 Å². The van der Waals surface area contributed by atoms with Crippen molar-refractivity contribution in [3.05, 3.63) is 12.0 Å². The van der Waals surface area contributed by atoms with Gasteiger partial charge in [-0.25, -0.2) is 14.6 Å². The second-order valence-corrected chi connectivity index (χ2v) is 7.29. The Hall–Kier alpha value is -1.73. The number of hydrogen-bond acceptors (Lipinski definition) is 6. The molecule has 1 aliphatic heterocycles. The van der Waals surface area contributed by atoms with Crippen molar-refractivity contribution in [3.8, 4) is 0 Å². The minimum atomic E-state index is 0.430. The Balaban J connectivity index is 1.47. The number of aryl methyl sites for hydroxylation is 1. The van der Waals surface area contributed by atoms with Crippen molar-refractivity contribution in [1.29, 1.82) is 0 Å². The highest BCUT2D eigenvalue weighted by Gasteiger charge is 2.30. The summed E-state index contributed by atoms with van der Waals surface area (Å²) in [7, 11) is 2.22. The average Bonchev–Trinajstić information content (AvgIpc) is 2.94. The van der Waals surface area contributed by atoms with Gasteiger partial charge in [-0.15, -0.1) is 0 Å². The van der Waals surface area contributed by atoms with E-state index in [0.717, 1.165) is 35.6 Å². The van der Waals surface area contributed by atoms with Crippen molar-refractivity contribution >= 4 is 16.9 Å². The third-order valence-corrected chi connectivity index (χ3v) is 5.76. The quantitative estimate of drug-likeness (QED) is 0.899. The predicted molar refractivity (Wildman–Crippen MR) is 94.8 cm³/mol. The molecule has 0 radical (unpaired) electrons. The zero-order valence-corrected chi connectivity index (χ0v) is 14.6. The molecule has 0 spiro atoms. The molecule has 3 heterocycles. The van der Waals surface area contributed by atoms with Gasteiger partial charge in [-0.1, -0.05) is 0 Å². The molecule has 2 N–H and O–H groups in total. The van der Waals surface area contributed by atoms with Gasteiger partial charge in [0.25, 0.3) is 0 Å². The Kier molecular flexibility index (Phi) is 4.14.